The van der Waals surface area contributed by atoms with Crippen molar-refractivity contribution in [2.75, 3.05) is 20.1 Å². The first-order valence-electron chi connectivity index (χ1n) is 6.51. The second-order valence-electron chi connectivity index (χ2n) is 4.54. The average Bonchev–Trinajstić information content (AvgIpc) is 2.42. The van der Waals surface area contributed by atoms with Gasteiger partial charge in [-0.2, -0.15) is 0 Å². The van der Waals surface area contributed by atoms with Crippen molar-refractivity contribution in [3.05, 3.63) is 41.6 Å². The number of nitrogens with one attached hydrogen (secondary N) is 2. The molecule has 1 aromatic carbocycles. The number of pyridine rings is 1. The number of hydrogen-bond donors (Lipinski definition) is 2. The van der Waals surface area contributed by atoms with Crippen LogP contribution in [-0.2, 0) is 0 Å². The number of benzene rings is 1. The average molecular weight is 257 g/mol. The molecule has 2 rings (SSSR count). The fourth-order valence-corrected chi connectivity index (χ4v) is 1.99. The molecule has 1 aromatic heterocycles. The highest BCUT2D eigenvalue weighted by atomic mass is 16.1. The molecule has 4 nitrogen and oxygen atoms in total. The predicted molar refractivity (Wildman–Crippen MR) is 77.4 cm³/mol. The van der Waals surface area contributed by atoms with E-state index in [0.717, 1.165) is 29.6 Å². The lowest BCUT2D eigenvalue weighted by Gasteiger charge is -2.08. The molecule has 0 aliphatic carbocycles. The SMILES string of the molecule is CNCCCNC(=O)c1cccc2ccc(C)nc12. The Kier molecular flexibility index (Phi) is 4.47. The van der Waals surface area contributed by atoms with Crippen LogP contribution in [0, 0.1) is 6.92 Å². The van der Waals surface area contributed by atoms with Crippen LogP contribution < -0.4 is 10.6 Å². The summed E-state index contributed by atoms with van der Waals surface area (Å²) in [6, 6.07) is 9.63. The van der Waals surface area contributed by atoms with Crippen molar-refractivity contribution in [3.8, 4) is 0 Å². The number of carbonyl (C=O) groups is 1. The molecule has 100 valence electrons. The quantitative estimate of drug-likeness (QED) is 0.804. The molecule has 0 radical (unpaired) electrons. The molecule has 0 saturated heterocycles. The van der Waals surface area contributed by atoms with Crippen molar-refractivity contribution < 1.29 is 4.79 Å². The van der Waals surface area contributed by atoms with Crippen LogP contribution in [0.4, 0.5) is 0 Å². The molecule has 1 heterocycles. The van der Waals surface area contributed by atoms with E-state index in [1.807, 2.05) is 44.3 Å². The summed E-state index contributed by atoms with van der Waals surface area (Å²) < 4.78 is 0. The normalized spacial score (nSPS) is 10.6. The van der Waals surface area contributed by atoms with Gasteiger partial charge in [0.25, 0.3) is 5.91 Å². The van der Waals surface area contributed by atoms with E-state index < -0.39 is 0 Å². The first-order chi connectivity index (χ1) is 9.22. The molecule has 0 aliphatic heterocycles. The van der Waals surface area contributed by atoms with Gasteiger partial charge in [0.1, 0.15) is 0 Å². The molecule has 2 aromatic rings. The molecule has 0 aliphatic rings. The number of amides is 1. The minimum Gasteiger partial charge on any atom is -0.352 e. The Balaban J connectivity index is 2.19. The third kappa shape index (κ3) is 3.29. The third-order valence-electron chi connectivity index (χ3n) is 2.99. The molecular formula is C15H19N3O. The second kappa shape index (κ2) is 6.29. The van der Waals surface area contributed by atoms with E-state index in [2.05, 4.69) is 15.6 Å². The van der Waals surface area contributed by atoms with Crippen molar-refractivity contribution in [3.63, 3.8) is 0 Å². The molecule has 19 heavy (non-hydrogen) atoms. The van der Waals surface area contributed by atoms with Crippen LogP contribution in [0.15, 0.2) is 30.3 Å². The van der Waals surface area contributed by atoms with Crippen LogP contribution in [0.3, 0.4) is 0 Å². The third-order valence-corrected chi connectivity index (χ3v) is 2.99. The smallest absolute Gasteiger partial charge is 0.253 e. The largest absolute Gasteiger partial charge is 0.352 e. The van der Waals surface area contributed by atoms with Crippen LogP contribution in [0.25, 0.3) is 10.9 Å². The van der Waals surface area contributed by atoms with Gasteiger partial charge >= 0.3 is 0 Å². The van der Waals surface area contributed by atoms with Gasteiger partial charge in [0.05, 0.1) is 11.1 Å². The van der Waals surface area contributed by atoms with Gasteiger partial charge < -0.3 is 10.6 Å². The van der Waals surface area contributed by atoms with Crippen molar-refractivity contribution in [2.24, 2.45) is 0 Å². The van der Waals surface area contributed by atoms with E-state index >= 15 is 0 Å². The van der Waals surface area contributed by atoms with Gasteiger partial charge in [-0.15, -0.1) is 0 Å². The lowest BCUT2D eigenvalue weighted by Crippen LogP contribution is -2.26. The Morgan fingerprint density at radius 1 is 1.21 bits per heavy atom. The predicted octanol–water partition coefficient (Wildman–Crippen LogP) is 1.88. The molecular weight excluding hydrogens is 238 g/mol. The number of fused-ring (bicyclic) bond motifs is 1. The maximum absolute atomic E-state index is 12.2. The van der Waals surface area contributed by atoms with E-state index in [9.17, 15) is 4.79 Å². The van der Waals surface area contributed by atoms with Gasteiger partial charge in [-0.3, -0.25) is 9.78 Å². The minimum atomic E-state index is -0.0557. The zero-order valence-electron chi connectivity index (χ0n) is 11.4. The van der Waals surface area contributed by atoms with Crippen molar-refractivity contribution in [1.82, 2.24) is 15.6 Å². The van der Waals surface area contributed by atoms with Gasteiger partial charge in [-0.05, 0) is 39.1 Å². The monoisotopic (exact) mass is 257 g/mol. The Morgan fingerprint density at radius 2 is 2.05 bits per heavy atom. The fraction of sp³-hybridized carbons (Fsp3) is 0.333. The summed E-state index contributed by atoms with van der Waals surface area (Å²) >= 11 is 0. The van der Waals surface area contributed by atoms with Crippen LogP contribution in [0.2, 0.25) is 0 Å². The van der Waals surface area contributed by atoms with Crippen molar-refractivity contribution in [2.45, 2.75) is 13.3 Å². The minimum absolute atomic E-state index is 0.0557. The number of aromatic nitrogens is 1. The Hall–Kier alpha value is -1.94. The van der Waals surface area contributed by atoms with Gasteiger partial charge in [0, 0.05) is 17.6 Å². The molecule has 0 spiro atoms. The summed E-state index contributed by atoms with van der Waals surface area (Å²) in [6.07, 6.45) is 0.916. The standard InChI is InChI=1S/C15H19N3O/c1-11-7-8-12-5-3-6-13(14(12)18-11)15(19)17-10-4-9-16-2/h3,5-8,16H,4,9-10H2,1-2H3,(H,17,19). The van der Waals surface area contributed by atoms with E-state index in [-0.39, 0.29) is 5.91 Å². The topological polar surface area (TPSA) is 54.0 Å². The maximum atomic E-state index is 12.2. The molecule has 0 bridgehead atoms. The number of para-hydroxylation sites is 1. The van der Waals surface area contributed by atoms with Crippen LogP contribution in [-0.4, -0.2) is 31.0 Å². The Labute approximate surface area is 113 Å². The Bertz CT molecular complexity index is 581. The zero-order valence-corrected chi connectivity index (χ0v) is 11.4. The number of rotatable bonds is 5. The molecule has 0 saturated carbocycles. The maximum Gasteiger partial charge on any atom is 0.253 e. The summed E-state index contributed by atoms with van der Waals surface area (Å²) in [6.45, 7) is 3.50. The fourth-order valence-electron chi connectivity index (χ4n) is 1.99. The van der Waals surface area contributed by atoms with Crippen LogP contribution in [0.1, 0.15) is 22.5 Å². The first-order valence-corrected chi connectivity index (χ1v) is 6.51. The van der Waals surface area contributed by atoms with E-state index in [1.165, 1.54) is 0 Å². The molecule has 0 fully saturated rings. The summed E-state index contributed by atoms with van der Waals surface area (Å²) in [5.41, 5.74) is 2.34. The zero-order chi connectivity index (χ0) is 13.7. The van der Waals surface area contributed by atoms with E-state index in [0.29, 0.717) is 12.1 Å². The summed E-state index contributed by atoms with van der Waals surface area (Å²) in [5.74, 6) is -0.0557. The number of carbonyl (C=O) groups excluding carboxylic acids is 1. The first kappa shape index (κ1) is 13.5. The molecule has 0 atom stereocenters. The van der Waals surface area contributed by atoms with Gasteiger partial charge in [0.15, 0.2) is 0 Å². The number of hydrogen-bond acceptors (Lipinski definition) is 3. The summed E-state index contributed by atoms with van der Waals surface area (Å²) in [5, 5.41) is 6.98. The van der Waals surface area contributed by atoms with E-state index in [4.69, 9.17) is 0 Å². The van der Waals surface area contributed by atoms with Gasteiger partial charge in [-0.1, -0.05) is 18.2 Å². The Morgan fingerprint density at radius 3 is 2.84 bits per heavy atom. The molecule has 1 amide bonds. The van der Waals surface area contributed by atoms with Crippen LogP contribution in [0.5, 0.6) is 0 Å². The van der Waals surface area contributed by atoms with Crippen molar-refractivity contribution in [1.29, 1.82) is 0 Å². The number of nitrogens with zero attached hydrogens (tertiary/aromatic N) is 1. The lowest BCUT2D eigenvalue weighted by atomic mass is 10.1. The van der Waals surface area contributed by atoms with E-state index in [1.54, 1.807) is 0 Å². The molecule has 2 N–H and O–H groups in total. The number of aryl methyl sites for hydroxylation is 1. The van der Waals surface area contributed by atoms with Gasteiger partial charge in [-0.25, -0.2) is 0 Å². The highest BCUT2D eigenvalue weighted by Gasteiger charge is 2.10. The molecule has 4 heteroatoms. The van der Waals surface area contributed by atoms with Crippen LogP contribution >= 0.6 is 0 Å². The molecule has 0 unspecified atom stereocenters. The van der Waals surface area contributed by atoms with Gasteiger partial charge in [0.2, 0.25) is 0 Å². The summed E-state index contributed by atoms with van der Waals surface area (Å²) in [4.78, 5) is 16.6. The highest BCUT2D eigenvalue weighted by molar-refractivity contribution is 6.05. The second-order valence-corrected chi connectivity index (χ2v) is 4.54. The summed E-state index contributed by atoms with van der Waals surface area (Å²) in [7, 11) is 1.90. The van der Waals surface area contributed by atoms with Crippen molar-refractivity contribution >= 4 is 16.8 Å². The highest BCUT2D eigenvalue weighted by Crippen LogP contribution is 2.17. The lowest BCUT2D eigenvalue weighted by molar-refractivity contribution is 0.0955.